The van der Waals surface area contributed by atoms with Crippen LogP contribution >= 0.6 is 11.6 Å². The summed E-state index contributed by atoms with van der Waals surface area (Å²) in [6, 6.07) is 12.7. The van der Waals surface area contributed by atoms with Crippen LogP contribution in [0.3, 0.4) is 0 Å². The molecule has 0 aliphatic carbocycles. The number of carbonyl (C=O) groups is 1. The number of halogens is 1. The molecule has 6 nitrogen and oxygen atoms in total. The average Bonchev–Trinajstić information content (AvgIpc) is 2.67. The molecular formula is C19H20ClN3O3. The number of benzene rings is 2. The molecule has 1 N–H and O–H groups in total. The molecule has 0 bridgehead atoms. The van der Waals surface area contributed by atoms with Gasteiger partial charge >= 0.3 is 5.97 Å². The summed E-state index contributed by atoms with van der Waals surface area (Å²) in [5.74, 6) is -1.08. The van der Waals surface area contributed by atoms with Gasteiger partial charge in [0.05, 0.1) is 35.5 Å². The van der Waals surface area contributed by atoms with E-state index < -0.39 is 5.97 Å². The molecule has 1 saturated heterocycles. The van der Waals surface area contributed by atoms with E-state index >= 15 is 0 Å². The van der Waals surface area contributed by atoms with Gasteiger partial charge in [0.25, 0.3) is 0 Å². The summed E-state index contributed by atoms with van der Waals surface area (Å²) in [7, 11) is 0. The van der Waals surface area contributed by atoms with Crippen LogP contribution in [0.5, 0.6) is 0 Å². The van der Waals surface area contributed by atoms with E-state index in [0.29, 0.717) is 5.69 Å². The zero-order valence-electron chi connectivity index (χ0n) is 14.4. The van der Waals surface area contributed by atoms with E-state index in [-0.39, 0.29) is 16.6 Å². The minimum Gasteiger partial charge on any atom is -0.478 e. The number of carboxylic acids is 1. The number of azo groups is 1. The van der Waals surface area contributed by atoms with Gasteiger partial charge in [0.1, 0.15) is 0 Å². The molecule has 136 valence electrons. The average molecular weight is 374 g/mol. The topological polar surface area (TPSA) is 74.5 Å². The van der Waals surface area contributed by atoms with Crippen LogP contribution in [0.25, 0.3) is 0 Å². The number of aromatic carboxylic acids is 1. The van der Waals surface area contributed by atoms with Crippen molar-refractivity contribution < 1.29 is 14.6 Å². The lowest BCUT2D eigenvalue weighted by Crippen LogP contribution is -2.36. The van der Waals surface area contributed by atoms with E-state index in [1.54, 1.807) is 6.07 Å². The first-order chi connectivity index (χ1) is 12.5. The van der Waals surface area contributed by atoms with Gasteiger partial charge in [0.2, 0.25) is 0 Å². The van der Waals surface area contributed by atoms with Crippen molar-refractivity contribution in [2.75, 3.05) is 31.2 Å². The Morgan fingerprint density at radius 3 is 2.54 bits per heavy atom. The Kier molecular flexibility index (Phi) is 5.85. The number of anilines is 1. The predicted octanol–water partition coefficient (Wildman–Crippen LogP) is 4.72. The fraction of sp³-hybridized carbons (Fsp3) is 0.316. The van der Waals surface area contributed by atoms with E-state index in [0.717, 1.165) is 31.9 Å². The Morgan fingerprint density at radius 1 is 1.19 bits per heavy atom. The van der Waals surface area contributed by atoms with Gasteiger partial charge in [-0.15, -0.1) is 0 Å². The SMILES string of the molecule is CC(N=Nc1ccc(Cl)c(C(=O)O)c1)c1ccc(N2CCOCC2)cc1. The highest BCUT2D eigenvalue weighted by molar-refractivity contribution is 6.33. The van der Waals surface area contributed by atoms with Gasteiger partial charge in [-0.2, -0.15) is 10.2 Å². The van der Waals surface area contributed by atoms with Crippen LogP contribution in [0.2, 0.25) is 5.02 Å². The minimum absolute atomic E-state index is 0.0191. The summed E-state index contributed by atoms with van der Waals surface area (Å²) in [6.07, 6.45) is 0. The van der Waals surface area contributed by atoms with Gasteiger partial charge < -0.3 is 14.7 Å². The number of nitrogens with zero attached hydrogens (tertiary/aromatic N) is 3. The summed E-state index contributed by atoms with van der Waals surface area (Å²) in [5, 5.41) is 17.7. The van der Waals surface area contributed by atoms with Gasteiger partial charge in [-0.3, -0.25) is 0 Å². The van der Waals surface area contributed by atoms with Crippen molar-refractivity contribution in [2.24, 2.45) is 10.2 Å². The van der Waals surface area contributed by atoms with Crippen LogP contribution in [0.4, 0.5) is 11.4 Å². The summed E-state index contributed by atoms with van der Waals surface area (Å²) >= 11 is 5.86. The van der Waals surface area contributed by atoms with E-state index in [4.69, 9.17) is 21.4 Å². The van der Waals surface area contributed by atoms with Gasteiger partial charge in [0, 0.05) is 18.8 Å². The summed E-state index contributed by atoms with van der Waals surface area (Å²) in [4.78, 5) is 13.4. The Labute approximate surface area is 157 Å². The predicted molar refractivity (Wildman–Crippen MR) is 101 cm³/mol. The highest BCUT2D eigenvalue weighted by Crippen LogP contribution is 2.26. The fourth-order valence-electron chi connectivity index (χ4n) is 2.74. The summed E-state index contributed by atoms with van der Waals surface area (Å²) in [6.45, 7) is 5.26. The summed E-state index contributed by atoms with van der Waals surface area (Å²) < 4.78 is 5.37. The monoisotopic (exact) mass is 373 g/mol. The van der Waals surface area contributed by atoms with Gasteiger partial charge in [0.15, 0.2) is 0 Å². The molecule has 26 heavy (non-hydrogen) atoms. The number of hydrogen-bond acceptors (Lipinski definition) is 5. The van der Waals surface area contributed by atoms with Crippen molar-refractivity contribution in [2.45, 2.75) is 13.0 Å². The number of ether oxygens (including phenoxy) is 1. The second-order valence-electron chi connectivity index (χ2n) is 6.05. The lowest BCUT2D eigenvalue weighted by atomic mass is 10.1. The van der Waals surface area contributed by atoms with E-state index in [2.05, 4.69) is 27.3 Å². The highest BCUT2D eigenvalue weighted by atomic mass is 35.5. The van der Waals surface area contributed by atoms with Crippen molar-refractivity contribution in [3.05, 3.63) is 58.6 Å². The maximum absolute atomic E-state index is 11.1. The number of rotatable bonds is 5. The highest BCUT2D eigenvalue weighted by Gasteiger charge is 2.12. The smallest absolute Gasteiger partial charge is 0.337 e. The molecule has 1 fully saturated rings. The third-order valence-corrected chi connectivity index (χ3v) is 4.61. The first-order valence-electron chi connectivity index (χ1n) is 8.41. The molecule has 0 radical (unpaired) electrons. The van der Waals surface area contributed by atoms with Crippen molar-refractivity contribution >= 4 is 28.9 Å². The van der Waals surface area contributed by atoms with Crippen LogP contribution in [0, 0.1) is 0 Å². The molecular weight excluding hydrogens is 354 g/mol. The first-order valence-corrected chi connectivity index (χ1v) is 8.79. The molecule has 1 atom stereocenters. The van der Waals surface area contributed by atoms with Crippen LogP contribution in [0.15, 0.2) is 52.7 Å². The van der Waals surface area contributed by atoms with Crippen molar-refractivity contribution in [1.29, 1.82) is 0 Å². The largest absolute Gasteiger partial charge is 0.478 e. The van der Waals surface area contributed by atoms with Crippen molar-refractivity contribution in [1.82, 2.24) is 0 Å². The first kappa shape index (κ1) is 18.4. The maximum atomic E-state index is 11.1. The third kappa shape index (κ3) is 4.39. The molecule has 1 heterocycles. The molecule has 1 unspecified atom stereocenters. The molecule has 1 aliphatic rings. The van der Waals surface area contributed by atoms with Crippen LogP contribution in [-0.2, 0) is 4.74 Å². The zero-order chi connectivity index (χ0) is 18.5. The molecule has 0 aromatic heterocycles. The Hall–Kier alpha value is -2.44. The lowest BCUT2D eigenvalue weighted by Gasteiger charge is -2.29. The maximum Gasteiger partial charge on any atom is 0.337 e. The molecule has 7 heteroatoms. The van der Waals surface area contributed by atoms with Crippen LogP contribution in [-0.4, -0.2) is 37.4 Å². The molecule has 1 aliphatic heterocycles. The standard InChI is InChI=1S/C19H20ClN3O3/c1-13(21-22-15-4-7-18(20)17(12-15)19(24)25)14-2-5-16(6-3-14)23-8-10-26-11-9-23/h2-7,12-13H,8-11H2,1H3,(H,24,25). The summed E-state index contributed by atoms with van der Waals surface area (Å²) in [5.41, 5.74) is 2.69. The normalized spacial score (nSPS) is 16.0. The molecule has 0 spiro atoms. The number of morpholine rings is 1. The van der Waals surface area contributed by atoms with Crippen LogP contribution in [0.1, 0.15) is 28.9 Å². The van der Waals surface area contributed by atoms with Crippen LogP contribution < -0.4 is 4.90 Å². The Morgan fingerprint density at radius 2 is 1.88 bits per heavy atom. The molecule has 2 aromatic rings. The second-order valence-corrected chi connectivity index (χ2v) is 6.46. The van der Waals surface area contributed by atoms with E-state index in [1.165, 1.54) is 17.8 Å². The van der Waals surface area contributed by atoms with E-state index in [1.807, 2.05) is 19.1 Å². The van der Waals surface area contributed by atoms with E-state index in [9.17, 15) is 4.79 Å². The van der Waals surface area contributed by atoms with Crippen molar-refractivity contribution in [3.8, 4) is 0 Å². The fourth-order valence-corrected chi connectivity index (χ4v) is 2.94. The Bertz CT molecular complexity index is 802. The van der Waals surface area contributed by atoms with Crippen molar-refractivity contribution in [3.63, 3.8) is 0 Å². The molecule has 3 rings (SSSR count). The molecule has 0 saturated carbocycles. The number of hydrogen-bond donors (Lipinski definition) is 1. The quantitative estimate of drug-likeness (QED) is 0.769. The van der Waals surface area contributed by atoms with Gasteiger partial charge in [-0.1, -0.05) is 23.7 Å². The molecule has 2 aromatic carbocycles. The third-order valence-electron chi connectivity index (χ3n) is 4.28. The van der Waals surface area contributed by atoms with Gasteiger partial charge in [-0.25, -0.2) is 4.79 Å². The minimum atomic E-state index is -1.08. The Balaban J connectivity index is 1.69. The second kappa shape index (κ2) is 8.29. The zero-order valence-corrected chi connectivity index (χ0v) is 15.2. The molecule has 0 amide bonds. The lowest BCUT2D eigenvalue weighted by molar-refractivity contribution is 0.0697. The van der Waals surface area contributed by atoms with Gasteiger partial charge in [-0.05, 0) is 42.8 Å². The number of carboxylic acid groups (broad SMARTS) is 1.